The molecule has 96 valence electrons. The van der Waals surface area contributed by atoms with Gasteiger partial charge in [0.05, 0.1) is 11.5 Å². The highest BCUT2D eigenvalue weighted by molar-refractivity contribution is 7.91. The molecule has 0 fully saturated rings. The largest absolute Gasteiger partial charge is 0.493 e. The van der Waals surface area contributed by atoms with Crippen LogP contribution < -0.4 is 10.5 Å². The van der Waals surface area contributed by atoms with E-state index < -0.39 is 15.4 Å². The Morgan fingerprint density at radius 2 is 1.82 bits per heavy atom. The molecule has 0 aliphatic rings. The number of benzene rings is 1. The summed E-state index contributed by atoms with van der Waals surface area (Å²) in [6.45, 7) is 3.55. The van der Waals surface area contributed by atoms with Crippen molar-refractivity contribution >= 4 is 9.84 Å². The number of para-hydroxylation sites is 1. The third kappa shape index (κ3) is 6.28. The molecule has 1 aromatic rings. The predicted molar refractivity (Wildman–Crippen MR) is 68.9 cm³/mol. The van der Waals surface area contributed by atoms with Gasteiger partial charge in [-0.2, -0.15) is 0 Å². The minimum Gasteiger partial charge on any atom is -0.493 e. The molecule has 2 N–H and O–H groups in total. The minimum atomic E-state index is -3.16. The highest BCUT2D eigenvalue weighted by atomic mass is 32.2. The first kappa shape index (κ1) is 14.0. The van der Waals surface area contributed by atoms with Crippen molar-refractivity contribution < 1.29 is 13.2 Å². The Morgan fingerprint density at radius 3 is 2.35 bits per heavy atom. The molecule has 0 bridgehead atoms. The molecule has 0 amide bonds. The summed E-state index contributed by atoms with van der Waals surface area (Å²) in [6, 6.07) is 9.14. The number of hydrogen-bond donors (Lipinski definition) is 1. The number of nitrogens with two attached hydrogens (primary N) is 1. The van der Waals surface area contributed by atoms with Gasteiger partial charge in [-0.1, -0.05) is 18.2 Å². The van der Waals surface area contributed by atoms with Crippen LogP contribution in [0.3, 0.4) is 0 Å². The fourth-order valence-electron chi connectivity index (χ4n) is 1.44. The zero-order chi connectivity index (χ0) is 12.9. The second-order valence-electron chi connectivity index (χ2n) is 4.74. The Balaban J connectivity index is 2.41. The number of ether oxygens (including phenoxy) is 1. The maximum atomic E-state index is 11.7. The van der Waals surface area contributed by atoms with Gasteiger partial charge >= 0.3 is 0 Å². The van der Waals surface area contributed by atoms with E-state index in [-0.39, 0.29) is 18.1 Å². The number of hydrogen-bond acceptors (Lipinski definition) is 4. The van der Waals surface area contributed by atoms with Crippen LogP contribution in [0.25, 0.3) is 0 Å². The first-order valence-electron chi connectivity index (χ1n) is 5.46. The fourth-order valence-corrected chi connectivity index (χ4v) is 3.06. The minimum absolute atomic E-state index is 0.0114. The molecule has 0 radical (unpaired) electrons. The SMILES string of the molecule is CC(C)(N)CS(=O)(=O)CCOc1ccccc1. The van der Waals surface area contributed by atoms with Crippen molar-refractivity contribution in [3.05, 3.63) is 30.3 Å². The molecule has 1 rings (SSSR count). The topological polar surface area (TPSA) is 69.4 Å². The summed E-state index contributed by atoms with van der Waals surface area (Å²) in [6.07, 6.45) is 0. The Bertz CT molecular complexity index is 435. The molecule has 0 unspecified atom stereocenters. The summed E-state index contributed by atoms with van der Waals surface area (Å²) >= 11 is 0. The van der Waals surface area contributed by atoms with Crippen molar-refractivity contribution in [3.63, 3.8) is 0 Å². The molecular weight excluding hydrogens is 238 g/mol. The predicted octanol–water partition coefficient (Wildman–Crippen LogP) is 1.22. The lowest BCUT2D eigenvalue weighted by Gasteiger charge is -2.18. The van der Waals surface area contributed by atoms with E-state index in [4.69, 9.17) is 10.5 Å². The molecule has 0 atom stereocenters. The first-order valence-corrected chi connectivity index (χ1v) is 7.28. The molecule has 4 nitrogen and oxygen atoms in total. The van der Waals surface area contributed by atoms with E-state index >= 15 is 0 Å². The van der Waals surface area contributed by atoms with Gasteiger partial charge in [-0.25, -0.2) is 8.42 Å². The summed E-state index contributed by atoms with van der Waals surface area (Å²) in [4.78, 5) is 0. The third-order valence-electron chi connectivity index (χ3n) is 2.00. The van der Waals surface area contributed by atoms with Crippen molar-refractivity contribution in [2.75, 3.05) is 18.1 Å². The van der Waals surface area contributed by atoms with E-state index in [0.29, 0.717) is 5.75 Å². The summed E-state index contributed by atoms with van der Waals surface area (Å²) in [7, 11) is -3.16. The van der Waals surface area contributed by atoms with Gasteiger partial charge in [-0.15, -0.1) is 0 Å². The van der Waals surface area contributed by atoms with Crippen LogP contribution in [-0.2, 0) is 9.84 Å². The lowest BCUT2D eigenvalue weighted by atomic mass is 10.1. The summed E-state index contributed by atoms with van der Waals surface area (Å²) in [5, 5.41) is 0. The number of rotatable bonds is 6. The Labute approximate surface area is 103 Å². The molecular formula is C12H19NO3S. The lowest BCUT2D eigenvalue weighted by Crippen LogP contribution is -2.41. The van der Waals surface area contributed by atoms with Gasteiger partial charge in [-0.3, -0.25) is 0 Å². The van der Waals surface area contributed by atoms with Gasteiger partial charge in [0.15, 0.2) is 9.84 Å². The van der Waals surface area contributed by atoms with E-state index in [1.165, 1.54) is 0 Å². The van der Waals surface area contributed by atoms with E-state index in [2.05, 4.69) is 0 Å². The Hall–Kier alpha value is -1.07. The summed E-state index contributed by atoms with van der Waals surface area (Å²) < 4.78 is 28.7. The zero-order valence-corrected chi connectivity index (χ0v) is 11.0. The van der Waals surface area contributed by atoms with Crippen LogP contribution in [0.2, 0.25) is 0 Å². The van der Waals surface area contributed by atoms with Crippen molar-refractivity contribution in [3.8, 4) is 5.75 Å². The molecule has 1 aromatic carbocycles. The van der Waals surface area contributed by atoms with Crippen molar-refractivity contribution in [2.45, 2.75) is 19.4 Å². The van der Waals surface area contributed by atoms with Gasteiger partial charge in [0.25, 0.3) is 0 Å². The summed E-state index contributed by atoms with van der Waals surface area (Å²) in [5.74, 6) is 0.635. The highest BCUT2D eigenvalue weighted by Crippen LogP contribution is 2.09. The van der Waals surface area contributed by atoms with Crippen LogP contribution in [-0.4, -0.2) is 32.1 Å². The second kappa shape index (κ2) is 5.51. The van der Waals surface area contributed by atoms with E-state index in [1.54, 1.807) is 26.0 Å². The Morgan fingerprint density at radius 1 is 1.24 bits per heavy atom. The van der Waals surface area contributed by atoms with E-state index in [0.717, 1.165) is 0 Å². The van der Waals surface area contributed by atoms with Crippen LogP contribution in [0.4, 0.5) is 0 Å². The second-order valence-corrected chi connectivity index (χ2v) is 6.93. The maximum absolute atomic E-state index is 11.7. The molecule has 0 spiro atoms. The van der Waals surface area contributed by atoms with Crippen LogP contribution in [0.1, 0.15) is 13.8 Å². The number of sulfone groups is 1. The van der Waals surface area contributed by atoms with E-state index in [9.17, 15) is 8.42 Å². The third-order valence-corrected chi connectivity index (χ3v) is 3.97. The zero-order valence-electron chi connectivity index (χ0n) is 10.2. The van der Waals surface area contributed by atoms with E-state index in [1.807, 2.05) is 18.2 Å². The van der Waals surface area contributed by atoms with Gasteiger partial charge in [0.2, 0.25) is 0 Å². The van der Waals surface area contributed by atoms with Crippen LogP contribution >= 0.6 is 0 Å². The first-order chi connectivity index (χ1) is 7.79. The van der Waals surface area contributed by atoms with Crippen LogP contribution in [0.15, 0.2) is 30.3 Å². The lowest BCUT2D eigenvalue weighted by molar-refractivity contribution is 0.340. The molecule has 0 aromatic heterocycles. The average molecular weight is 257 g/mol. The Kier molecular flexibility index (Phi) is 4.54. The molecule has 0 aliphatic carbocycles. The van der Waals surface area contributed by atoms with Gasteiger partial charge in [-0.05, 0) is 26.0 Å². The molecule has 17 heavy (non-hydrogen) atoms. The van der Waals surface area contributed by atoms with Crippen molar-refractivity contribution in [1.82, 2.24) is 0 Å². The maximum Gasteiger partial charge on any atom is 0.155 e. The standard InChI is InChI=1S/C12H19NO3S/c1-12(2,13)10-17(14,15)9-8-16-11-6-4-3-5-7-11/h3-7H,8-10,13H2,1-2H3. The monoisotopic (exact) mass is 257 g/mol. The molecule has 0 saturated carbocycles. The highest BCUT2D eigenvalue weighted by Gasteiger charge is 2.21. The smallest absolute Gasteiger partial charge is 0.155 e. The summed E-state index contributed by atoms with van der Waals surface area (Å²) in [5.41, 5.74) is 4.98. The van der Waals surface area contributed by atoms with Crippen LogP contribution in [0.5, 0.6) is 5.75 Å². The van der Waals surface area contributed by atoms with Gasteiger partial charge in [0, 0.05) is 5.54 Å². The average Bonchev–Trinajstić information content (AvgIpc) is 2.15. The normalized spacial score (nSPS) is 12.4. The van der Waals surface area contributed by atoms with Crippen LogP contribution in [0, 0.1) is 0 Å². The molecule has 0 saturated heterocycles. The quantitative estimate of drug-likeness (QED) is 0.832. The molecule has 0 heterocycles. The van der Waals surface area contributed by atoms with Crippen molar-refractivity contribution in [1.29, 1.82) is 0 Å². The van der Waals surface area contributed by atoms with Gasteiger partial charge < -0.3 is 10.5 Å². The van der Waals surface area contributed by atoms with Gasteiger partial charge in [0.1, 0.15) is 12.4 Å². The molecule has 0 aliphatic heterocycles. The fraction of sp³-hybridized carbons (Fsp3) is 0.500. The molecule has 5 heteroatoms. The van der Waals surface area contributed by atoms with Crippen molar-refractivity contribution in [2.24, 2.45) is 5.73 Å².